The number of oxazole rings is 1. The van der Waals surface area contributed by atoms with Crippen LogP contribution in [0.25, 0.3) is 28.3 Å². The molecule has 0 saturated heterocycles. The van der Waals surface area contributed by atoms with E-state index in [4.69, 9.17) is 4.42 Å². The molecule has 3 aromatic heterocycles. The molecule has 0 unspecified atom stereocenters. The molecule has 0 aliphatic rings. The molecule has 96 valence electrons. The Balaban J connectivity index is 1.82. The summed E-state index contributed by atoms with van der Waals surface area (Å²) in [6.07, 6.45) is 5.42. The zero-order valence-corrected chi connectivity index (χ0v) is 10.6. The number of benzene rings is 1. The van der Waals surface area contributed by atoms with E-state index in [1.54, 1.807) is 12.4 Å². The Morgan fingerprint density at radius 3 is 2.65 bits per heavy atom. The Morgan fingerprint density at radius 2 is 1.75 bits per heavy atom. The highest BCUT2D eigenvalue weighted by Gasteiger charge is 2.12. The van der Waals surface area contributed by atoms with Gasteiger partial charge in [-0.3, -0.25) is 0 Å². The summed E-state index contributed by atoms with van der Waals surface area (Å²) in [5, 5.41) is 4.29. The molecule has 0 aliphatic heterocycles. The van der Waals surface area contributed by atoms with Gasteiger partial charge in [-0.05, 0) is 12.1 Å². The fourth-order valence-electron chi connectivity index (χ4n) is 2.23. The maximum Gasteiger partial charge on any atom is 0.230 e. The first kappa shape index (κ1) is 11.0. The molecule has 0 aliphatic carbocycles. The number of fused-ring (bicyclic) bond motifs is 1. The minimum absolute atomic E-state index is 0.588. The third-order valence-electron chi connectivity index (χ3n) is 3.22. The zero-order valence-electron chi connectivity index (χ0n) is 10.6. The average molecular weight is 261 g/mol. The first-order valence-corrected chi connectivity index (χ1v) is 6.36. The van der Waals surface area contributed by atoms with E-state index in [0.29, 0.717) is 5.89 Å². The van der Waals surface area contributed by atoms with Crippen LogP contribution >= 0.6 is 0 Å². The van der Waals surface area contributed by atoms with Gasteiger partial charge in [-0.25, -0.2) is 9.50 Å². The Kier molecular flexibility index (Phi) is 2.39. The number of aromatic nitrogens is 3. The second-order valence-electron chi connectivity index (χ2n) is 4.48. The van der Waals surface area contributed by atoms with Gasteiger partial charge in [0.05, 0.1) is 23.5 Å². The standard InChI is InChI=1S/C16H11N3O/c1-2-6-12(7-3-1)15-11-17-16(20-15)13-10-18-19-9-5-4-8-14(13)19/h1-11H. The Labute approximate surface area is 115 Å². The number of rotatable bonds is 2. The second-order valence-corrected chi connectivity index (χ2v) is 4.48. The Hall–Kier alpha value is -2.88. The van der Waals surface area contributed by atoms with Gasteiger partial charge in [0.25, 0.3) is 0 Å². The summed E-state index contributed by atoms with van der Waals surface area (Å²) in [5.41, 5.74) is 2.89. The van der Waals surface area contributed by atoms with E-state index in [0.717, 1.165) is 22.4 Å². The second kappa shape index (κ2) is 4.35. The molecule has 0 amide bonds. The number of hydrogen-bond donors (Lipinski definition) is 0. The molecule has 4 nitrogen and oxygen atoms in total. The molecule has 0 N–H and O–H groups in total. The van der Waals surface area contributed by atoms with Crippen molar-refractivity contribution in [3.05, 3.63) is 67.1 Å². The van der Waals surface area contributed by atoms with Gasteiger partial charge in [-0.1, -0.05) is 36.4 Å². The van der Waals surface area contributed by atoms with E-state index >= 15 is 0 Å². The highest BCUT2D eigenvalue weighted by atomic mass is 16.4. The van der Waals surface area contributed by atoms with Crippen molar-refractivity contribution < 1.29 is 4.42 Å². The number of pyridine rings is 1. The van der Waals surface area contributed by atoms with Gasteiger partial charge in [0, 0.05) is 11.8 Å². The van der Waals surface area contributed by atoms with Gasteiger partial charge >= 0.3 is 0 Å². The van der Waals surface area contributed by atoms with Crippen LogP contribution in [-0.4, -0.2) is 14.6 Å². The Bertz CT molecular complexity index is 861. The van der Waals surface area contributed by atoms with Gasteiger partial charge in [-0.15, -0.1) is 0 Å². The Morgan fingerprint density at radius 1 is 0.900 bits per heavy atom. The lowest BCUT2D eigenvalue weighted by molar-refractivity contribution is 0.589. The predicted molar refractivity (Wildman–Crippen MR) is 76.1 cm³/mol. The summed E-state index contributed by atoms with van der Waals surface area (Å²) < 4.78 is 7.67. The van der Waals surface area contributed by atoms with Gasteiger partial charge in [-0.2, -0.15) is 5.10 Å². The summed E-state index contributed by atoms with van der Waals surface area (Å²) in [5.74, 6) is 1.35. The quantitative estimate of drug-likeness (QED) is 0.553. The molecule has 20 heavy (non-hydrogen) atoms. The molecule has 1 aromatic carbocycles. The van der Waals surface area contributed by atoms with Crippen LogP contribution in [0, 0.1) is 0 Å². The van der Waals surface area contributed by atoms with E-state index < -0.39 is 0 Å². The summed E-state index contributed by atoms with van der Waals surface area (Å²) in [6.45, 7) is 0. The minimum atomic E-state index is 0.588. The van der Waals surface area contributed by atoms with Crippen molar-refractivity contribution in [2.75, 3.05) is 0 Å². The van der Waals surface area contributed by atoms with Crippen LogP contribution in [0.1, 0.15) is 0 Å². The van der Waals surface area contributed by atoms with Gasteiger partial charge in [0.2, 0.25) is 5.89 Å². The topological polar surface area (TPSA) is 43.3 Å². The molecule has 0 fully saturated rings. The highest BCUT2D eigenvalue weighted by Crippen LogP contribution is 2.28. The number of nitrogens with zero attached hydrogens (tertiary/aromatic N) is 3. The predicted octanol–water partition coefficient (Wildman–Crippen LogP) is 3.66. The lowest BCUT2D eigenvalue weighted by Gasteiger charge is -1.95. The average Bonchev–Trinajstić information content (AvgIpc) is 3.14. The monoisotopic (exact) mass is 261 g/mol. The SMILES string of the molecule is c1ccc(-c2cnc(-c3cnn4ccccc34)o2)cc1. The van der Waals surface area contributed by atoms with Crippen LogP contribution in [0.3, 0.4) is 0 Å². The molecule has 0 bridgehead atoms. The van der Waals surface area contributed by atoms with E-state index in [9.17, 15) is 0 Å². The van der Waals surface area contributed by atoms with Crippen molar-refractivity contribution in [3.8, 4) is 22.8 Å². The van der Waals surface area contributed by atoms with Gasteiger partial charge < -0.3 is 4.42 Å². The van der Waals surface area contributed by atoms with E-state index in [1.165, 1.54) is 0 Å². The van der Waals surface area contributed by atoms with Crippen molar-refractivity contribution in [2.24, 2.45) is 0 Å². The van der Waals surface area contributed by atoms with E-state index in [1.807, 2.05) is 59.2 Å². The molecule has 0 radical (unpaired) electrons. The highest BCUT2D eigenvalue weighted by molar-refractivity contribution is 5.75. The fourth-order valence-corrected chi connectivity index (χ4v) is 2.23. The van der Waals surface area contributed by atoms with Crippen LogP contribution in [-0.2, 0) is 0 Å². The van der Waals surface area contributed by atoms with Gasteiger partial charge in [0.1, 0.15) is 0 Å². The van der Waals surface area contributed by atoms with Crippen molar-refractivity contribution in [1.82, 2.24) is 14.6 Å². The van der Waals surface area contributed by atoms with Gasteiger partial charge in [0.15, 0.2) is 5.76 Å². The third kappa shape index (κ3) is 1.70. The van der Waals surface area contributed by atoms with E-state index in [2.05, 4.69) is 10.1 Å². The third-order valence-corrected chi connectivity index (χ3v) is 3.22. The lowest BCUT2D eigenvalue weighted by atomic mass is 10.2. The molecule has 4 heteroatoms. The fraction of sp³-hybridized carbons (Fsp3) is 0. The number of hydrogen-bond acceptors (Lipinski definition) is 3. The van der Waals surface area contributed by atoms with Crippen LogP contribution in [0.5, 0.6) is 0 Å². The molecular weight excluding hydrogens is 250 g/mol. The molecule has 3 heterocycles. The van der Waals surface area contributed by atoms with Crippen molar-refractivity contribution >= 4 is 5.52 Å². The van der Waals surface area contributed by atoms with Crippen molar-refractivity contribution in [3.63, 3.8) is 0 Å². The minimum Gasteiger partial charge on any atom is -0.436 e. The molecule has 0 spiro atoms. The smallest absolute Gasteiger partial charge is 0.230 e. The summed E-state index contributed by atoms with van der Waals surface area (Å²) >= 11 is 0. The zero-order chi connectivity index (χ0) is 13.4. The van der Waals surface area contributed by atoms with E-state index in [-0.39, 0.29) is 0 Å². The first-order valence-electron chi connectivity index (χ1n) is 6.36. The maximum absolute atomic E-state index is 5.86. The van der Waals surface area contributed by atoms with Crippen LogP contribution < -0.4 is 0 Å². The summed E-state index contributed by atoms with van der Waals surface area (Å²) in [7, 11) is 0. The summed E-state index contributed by atoms with van der Waals surface area (Å²) in [4.78, 5) is 4.37. The van der Waals surface area contributed by atoms with Crippen molar-refractivity contribution in [1.29, 1.82) is 0 Å². The van der Waals surface area contributed by atoms with Crippen molar-refractivity contribution in [2.45, 2.75) is 0 Å². The normalized spacial score (nSPS) is 11.0. The van der Waals surface area contributed by atoms with Crippen LogP contribution in [0.15, 0.2) is 71.5 Å². The lowest BCUT2D eigenvalue weighted by Crippen LogP contribution is -1.83. The van der Waals surface area contributed by atoms with Crippen LogP contribution in [0.2, 0.25) is 0 Å². The molecular formula is C16H11N3O. The largest absolute Gasteiger partial charge is 0.436 e. The molecule has 0 atom stereocenters. The maximum atomic E-state index is 5.86. The summed E-state index contributed by atoms with van der Waals surface area (Å²) in [6, 6.07) is 15.8. The van der Waals surface area contributed by atoms with Crippen LogP contribution in [0.4, 0.5) is 0 Å². The first-order chi connectivity index (χ1) is 9.92. The molecule has 0 saturated carbocycles. The molecule has 4 rings (SSSR count). The molecule has 4 aromatic rings.